The van der Waals surface area contributed by atoms with Gasteiger partial charge in [-0.05, 0) is 31.0 Å². The number of carboxylic acids is 1. The summed E-state index contributed by atoms with van der Waals surface area (Å²) in [6.45, 7) is 4.70. The largest absolute Gasteiger partial charge is 0.493 e. The molecule has 0 heterocycles. The number of hydrogen-bond donors (Lipinski definition) is 1. The zero-order valence-corrected chi connectivity index (χ0v) is 9.82. The summed E-state index contributed by atoms with van der Waals surface area (Å²) in [7, 11) is 0. The summed E-state index contributed by atoms with van der Waals surface area (Å²) in [6.07, 6.45) is 3.29. The van der Waals surface area contributed by atoms with Crippen molar-refractivity contribution in [1.29, 1.82) is 0 Å². The summed E-state index contributed by atoms with van der Waals surface area (Å²) in [4.78, 5) is 10.8. The van der Waals surface area contributed by atoms with Gasteiger partial charge in [0.15, 0.2) is 0 Å². The maximum Gasteiger partial charge on any atom is 0.335 e. The van der Waals surface area contributed by atoms with Gasteiger partial charge in [-0.15, -0.1) is 0 Å². The molecular formula is C13H18O3. The van der Waals surface area contributed by atoms with Crippen molar-refractivity contribution in [3.05, 3.63) is 29.3 Å². The predicted octanol–water partition coefficient (Wildman–Crippen LogP) is 3.26. The van der Waals surface area contributed by atoms with Crippen molar-refractivity contribution in [2.45, 2.75) is 33.1 Å². The van der Waals surface area contributed by atoms with Crippen LogP contribution >= 0.6 is 0 Å². The molecule has 0 spiro atoms. The highest BCUT2D eigenvalue weighted by Gasteiger charge is 2.06. The average molecular weight is 222 g/mol. The summed E-state index contributed by atoms with van der Waals surface area (Å²) < 4.78 is 5.57. The lowest BCUT2D eigenvalue weighted by atomic mass is 10.1. The molecule has 16 heavy (non-hydrogen) atoms. The molecule has 0 aromatic heterocycles. The molecule has 3 heteroatoms. The fraction of sp³-hybridized carbons (Fsp3) is 0.462. The van der Waals surface area contributed by atoms with Gasteiger partial charge in [-0.3, -0.25) is 0 Å². The number of ether oxygens (including phenoxy) is 1. The Morgan fingerprint density at radius 1 is 1.38 bits per heavy atom. The van der Waals surface area contributed by atoms with Gasteiger partial charge in [0.1, 0.15) is 5.75 Å². The van der Waals surface area contributed by atoms with Crippen LogP contribution in [-0.4, -0.2) is 17.7 Å². The number of aromatic carboxylic acids is 1. The summed E-state index contributed by atoms with van der Waals surface area (Å²) in [6, 6.07) is 4.96. The highest BCUT2D eigenvalue weighted by Crippen LogP contribution is 2.20. The molecule has 0 atom stereocenters. The van der Waals surface area contributed by atoms with Crippen molar-refractivity contribution < 1.29 is 14.6 Å². The fourth-order valence-electron chi connectivity index (χ4n) is 1.42. The van der Waals surface area contributed by atoms with Crippen molar-refractivity contribution in [2.24, 2.45) is 0 Å². The minimum absolute atomic E-state index is 0.274. The van der Waals surface area contributed by atoms with Crippen molar-refractivity contribution in [2.75, 3.05) is 6.61 Å². The van der Waals surface area contributed by atoms with Crippen LogP contribution in [0.4, 0.5) is 0 Å². The van der Waals surface area contributed by atoms with E-state index in [0.29, 0.717) is 12.4 Å². The highest BCUT2D eigenvalue weighted by molar-refractivity contribution is 5.88. The molecule has 0 bridgehead atoms. The third-order valence-corrected chi connectivity index (χ3v) is 2.44. The van der Waals surface area contributed by atoms with Crippen molar-refractivity contribution >= 4 is 5.97 Å². The second-order valence-corrected chi connectivity index (χ2v) is 3.84. The molecule has 1 aromatic rings. The molecule has 0 amide bonds. The van der Waals surface area contributed by atoms with Gasteiger partial charge in [0.2, 0.25) is 0 Å². The number of unbranched alkanes of at least 4 members (excludes halogenated alkanes) is 2. The topological polar surface area (TPSA) is 46.5 Å². The number of hydrogen-bond acceptors (Lipinski definition) is 2. The van der Waals surface area contributed by atoms with Crippen LogP contribution in [0.15, 0.2) is 18.2 Å². The number of carboxylic acid groups (broad SMARTS) is 1. The fourth-order valence-corrected chi connectivity index (χ4v) is 1.42. The third-order valence-electron chi connectivity index (χ3n) is 2.44. The Kier molecular flexibility index (Phi) is 4.83. The smallest absolute Gasteiger partial charge is 0.335 e. The monoisotopic (exact) mass is 222 g/mol. The van der Waals surface area contributed by atoms with Gasteiger partial charge in [0.25, 0.3) is 0 Å². The summed E-state index contributed by atoms with van der Waals surface area (Å²) >= 11 is 0. The molecule has 0 radical (unpaired) electrons. The zero-order chi connectivity index (χ0) is 12.0. The van der Waals surface area contributed by atoms with E-state index in [9.17, 15) is 4.79 Å². The van der Waals surface area contributed by atoms with E-state index in [-0.39, 0.29) is 5.56 Å². The minimum atomic E-state index is -0.918. The summed E-state index contributed by atoms with van der Waals surface area (Å²) in [5.74, 6) is -0.241. The molecule has 0 aliphatic heterocycles. The van der Waals surface area contributed by atoms with Gasteiger partial charge in [0, 0.05) is 0 Å². The van der Waals surface area contributed by atoms with Gasteiger partial charge in [-0.1, -0.05) is 25.8 Å². The molecular weight excluding hydrogens is 204 g/mol. The molecule has 1 N–H and O–H groups in total. The van der Waals surface area contributed by atoms with Crippen LogP contribution in [0.5, 0.6) is 5.75 Å². The van der Waals surface area contributed by atoms with Crippen molar-refractivity contribution in [3.8, 4) is 5.75 Å². The van der Waals surface area contributed by atoms with E-state index in [4.69, 9.17) is 9.84 Å². The van der Waals surface area contributed by atoms with Crippen molar-refractivity contribution in [3.63, 3.8) is 0 Å². The molecule has 0 aliphatic carbocycles. The molecule has 0 saturated heterocycles. The highest BCUT2D eigenvalue weighted by atomic mass is 16.5. The standard InChI is InChI=1S/C13H18O3/c1-3-4-5-8-16-12-9-11(13(14)15)7-6-10(12)2/h6-7,9H,3-5,8H2,1-2H3,(H,14,15). The Morgan fingerprint density at radius 3 is 2.75 bits per heavy atom. The van der Waals surface area contributed by atoms with E-state index in [2.05, 4.69) is 6.92 Å². The Morgan fingerprint density at radius 2 is 2.12 bits per heavy atom. The van der Waals surface area contributed by atoms with Crippen LogP contribution in [0.25, 0.3) is 0 Å². The van der Waals surface area contributed by atoms with Crippen LogP contribution < -0.4 is 4.74 Å². The van der Waals surface area contributed by atoms with Gasteiger partial charge in [-0.25, -0.2) is 4.79 Å². The van der Waals surface area contributed by atoms with Gasteiger partial charge in [-0.2, -0.15) is 0 Å². The van der Waals surface area contributed by atoms with Gasteiger partial charge < -0.3 is 9.84 Å². The quantitative estimate of drug-likeness (QED) is 0.751. The second kappa shape index (κ2) is 6.16. The SMILES string of the molecule is CCCCCOc1cc(C(=O)O)ccc1C. The van der Waals surface area contributed by atoms with Crippen LogP contribution in [-0.2, 0) is 0 Å². The Bertz CT molecular complexity index is 358. The van der Waals surface area contributed by atoms with Gasteiger partial charge >= 0.3 is 5.97 Å². The van der Waals surface area contributed by atoms with Crippen LogP contribution in [0.1, 0.15) is 42.1 Å². The first-order chi connectivity index (χ1) is 7.65. The molecule has 0 unspecified atom stereocenters. The summed E-state index contributed by atoms with van der Waals surface area (Å²) in [5, 5.41) is 8.85. The van der Waals surface area contributed by atoms with Crippen molar-refractivity contribution in [1.82, 2.24) is 0 Å². The number of carbonyl (C=O) groups is 1. The van der Waals surface area contributed by atoms with Crippen LogP contribution in [0, 0.1) is 6.92 Å². The van der Waals surface area contributed by atoms with E-state index in [1.165, 1.54) is 0 Å². The maximum atomic E-state index is 10.8. The van der Waals surface area contributed by atoms with E-state index >= 15 is 0 Å². The summed E-state index contributed by atoms with van der Waals surface area (Å²) in [5.41, 5.74) is 1.25. The molecule has 1 rings (SSSR count). The van der Waals surface area contributed by atoms with Crippen LogP contribution in [0.3, 0.4) is 0 Å². The lowest BCUT2D eigenvalue weighted by molar-refractivity contribution is 0.0696. The van der Waals surface area contributed by atoms with E-state index in [1.807, 2.05) is 6.92 Å². The lowest BCUT2D eigenvalue weighted by Crippen LogP contribution is -2.02. The Hall–Kier alpha value is -1.51. The number of aryl methyl sites for hydroxylation is 1. The van der Waals surface area contributed by atoms with Gasteiger partial charge in [0.05, 0.1) is 12.2 Å². The zero-order valence-electron chi connectivity index (χ0n) is 9.82. The molecule has 3 nitrogen and oxygen atoms in total. The molecule has 0 aliphatic rings. The first-order valence-electron chi connectivity index (χ1n) is 5.62. The Labute approximate surface area is 96.1 Å². The first kappa shape index (κ1) is 12.6. The van der Waals surface area contributed by atoms with Crippen LogP contribution in [0.2, 0.25) is 0 Å². The normalized spacial score (nSPS) is 10.1. The number of benzene rings is 1. The van der Waals surface area contributed by atoms with E-state index in [1.54, 1.807) is 18.2 Å². The third kappa shape index (κ3) is 3.57. The molecule has 88 valence electrons. The maximum absolute atomic E-state index is 10.8. The number of rotatable bonds is 6. The molecule has 1 aromatic carbocycles. The first-order valence-corrected chi connectivity index (χ1v) is 5.62. The molecule has 0 saturated carbocycles. The van der Waals surface area contributed by atoms with E-state index in [0.717, 1.165) is 24.8 Å². The minimum Gasteiger partial charge on any atom is -0.493 e. The lowest BCUT2D eigenvalue weighted by Gasteiger charge is -2.09. The average Bonchev–Trinajstić information content (AvgIpc) is 2.26. The van der Waals surface area contributed by atoms with E-state index < -0.39 is 5.97 Å². The molecule has 0 fully saturated rings. The Balaban J connectivity index is 2.63. The second-order valence-electron chi connectivity index (χ2n) is 3.84. The predicted molar refractivity (Wildman–Crippen MR) is 63.2 cm³/mol.